The van der Waals surface area contributed by atoms with Crippen LogP contribution in [0.4, 0.5) is 0 Å². The third-order valence-corrected chi connectivity index (χ3v) is 5.50. The van der Waals surface area contributed by atoms with Crippen LogP contribution in [0, 0.1) is 17.3 Å². The fourth-order valence-electron chi connectivity index (χ4n) is 4.53. The number of fused-ring (bicyclic) bond motifs is 2. The van der Waals surface area contributed by atoms with Gasteiger partial charge in [0, 0.05) is 11.5 Å². The SMILES string of the molecule is C=C1CCC[C@]2(C)C[C@H]3OC(=O)/C(=C\CC)[C@H]3C[C@@H]12. The predicted octanol–water partition coefficient (Wildman–Crippen LogP) is 4.02. The summed E-state index contributed by atoms with van der Waals surface area (Å²) in [6.07, 6.45) is 8.86. The topological polar surface area (TPSA) is 26.3 Å². The lowest BCUT2D eigenvalue weighted by molar-refractivity contribution is -0.142. The molecule has 2 aliphatic carbocycles. The fourth-order valence-corrected chi connectivity index (χ4v) is 4.53. The Hall–Kier alpha value is -1.05. The number of hydrogen-bond donors (Lipinski definition) is 0. The van der Waals surface area contributed by atoms with Crippen molar-refractivity contribution in [1.29, 1.82) is 0 Å². The van der Waals surface area contributed by atoms with Gasteiger partial charge in [0.25, 0.3) is 0 Å². The molecule has 1 heterocycles. The quantitative estimate of drug-likeness (QED) is 0.404. The normalized spacial score (nSPS) is 43.9. The average Bonchev–Trinajstić information content (AvgIpc) is 2.63. The third kappa shape index (κ3) is 1.96. The monoisotopic (exact) mass is 260 g/mol. The lowest BCUT2D eigenvalue weighted by atomic mass is 9.56. The molecule has 0 aromatic heterocycles. The molecule has 0 spiro atoms. The lowest BCUT2D eigenvalue weighted by Gasteiger charge is -2.49. The van der Waals surface area contributed by atoms with Crippen molar-refractivity contribution in [3.8, 4) is 0 Å². The van der Waals surface area contributed by atoms with Gasteiger partial charge in [-0.05, 0) is 49.9 Å². The zero-order valence-electron chi connectivity index (χ0n) is 12.1. The van der Waals surface area contributed by atoms with E-state index in [-0.39, 0.29) is 12.1 Å². The molecule has 19 heavy (non-hydrogen) atoms. The summed E-state index contributed by atoms with van der Waals surface area (Å²) in [4.78, 5) is 12.0. The Bertz CT molecular complexity index is 448. The van der Waals surface area contributed by atoms with Crippen LogP contribution in [0.2, 0.25) is 0 Å². The maximum atomic E-state index is 12.0. The summed E-state index contributed by atoms with van der Waals surface area (Å²) in [5.41, 5.74) is 2.65. The minimum Gasteiger partial charge on any atom is -0.458 e. The Balaban J connectivity index is 1.90. The second kappa shape index (κ2) is 4.50. The highest BCUT2D eigenvalue weighted by Gasteiger charge is 2.52. The van der Waals surface area contributed by atoms with Crippen LogP contribution in [0.1, 0.15) is 52.4 Å². The van der Waals surface area contributed by atoms with Crippen LogP contribution >= 0.6 is 0 Å². The highest BCUT2D eigenvalue weighted by atomic mass is 16.6. The fraction of sp³-hybridized carbons (Fsp3) is 0.706. The molecule has 0 aromatic rings. The first-order chi connectivity index (χ1) is 9.05. The number of esters is 1. The second-order valence-electron chi connectivity index (χ2n) is 6.78. The average molecular weight is 260 g/mol. The Kier molecular flexibility index (Phi) is 3.07. The predicted molar refractivity (Wildman–Crippen MR) is 75.6 cm³/mol. The van der Waals surface area contributed by atoms with Crippen molar-refractivity contribution in [1.82, 2.24) is 0 Å². The van der Waals surface area contributed by atoms with E-state index in [2.05, 4.69) is 26.5 Å². The molecule has 1 aliphatic heterocycles. The number of allylic oxidation sites excluding steroid dienone is 2. The lowest BCUT2D eigenvalue weighted by Crippen LogP contribution is -2.43. The van der Waals surface area contributed by atoms with Crippen molar-refractivity contribution >= 4 is 5.97 Å². The molecule has 2 heteroatoms. The number of carbonyl (C=O) groups excluding carboxylic acids is 1. The summed E-state index contributed by atoms with van der Waals surface area (Å²) in [6, 6.07) is 0. The number of rotatable bonds is 1. The molecule has 3 rings (SSSR count). The van der Waals surface area contributed by atoms with Gasteiger partial charge in [-0.15, -0.1) is 0 Å². The first-order valence-corrected chi connectivity index (χ1v) is 7.64. The zero-order chi connectivity index (χ0) is 13.6. The smallest absolute Gasteiger partial charge is 0.334 e. The van der Waals surface area contributed by atoms with Crippen molar-refractivity contribution in [2.45, 2.75) is 58.5 Å². The molecule has 104 valence electrons. The van der Waals surface area contributed by atoms with Crippen LogP contribution in [-0.4, -0.2) is 12.1 Å². The van der Waals surface area contributed by atoms with Crippen LogP contribution in [0.5, 0.6) is 0 Å². The van der Waals surface area contributed by atoms with Crippen LogP contribution in [0.25, 0.3) is 0 Å². The van der Waals surface area contributed by atoms with Crippen LogP contribution < -0.4 is 0 Å². The van der Waals surface area contributed by atoms with Crippen molar-refractivity contribution < 1.29 is 9.53 Å². The largest absolute Gasteiger partial charge is 0.458 e. The molecule has 2 nitrogen and oxygen atoms in total. The van der Waals surface area contributed by atoms with Crippen molar-refractivity contribution in [3.63, 3.8) is 0 Å². The van der Waals surface area contributed by atoms with Crippen LogP contribution in [0.3, 0.4) is 0 Å². The van der Waals surface area contributed by atoms with Gasteiger partial charge >= 0.3 is 5.97 Å². The molecule has 0 bridgehead atoms. The van der Waals surface area contributed by atoms with Gasteiger partial charge in [0.2, 0.25) is 0 Å². The molecular weight excluding hydrogens is 236 g/mol. The summed E-state index contributed by atoms with van der Waals surface area (Å²) < 4.78 is 5.64. The van der Waals surface area contributed by atoms with Gasteiger partial charge in [0.05, 0.1) is 0 Å². The summed E-state index contributed by atoms with van der Waals surface area (Å²) in [7, 11) is 0. The van der Waals surface area contributed by atoms with Crippen LogP contribution in [0.15, 0.2) is 23.8 Å². The molecule has 1 saturated heterocycles. The number of ether oxygens (including phenoxy) is 1. The van der Waals surface area contributed by atoms with E-state index in [0.29, 0.717) is 17.3 Å². The van der Waals surface area contributed by atoms with Gasteiger partial charge < -0.3 is 4.74 Å². The maximum absolute atomic E-state index is 12.0. The van der Waals surface area contributed by atoms with E-state index < -0.39 is 0 Å². The minimum absolute atomic E-state index is 0.0651. The van der Waals surface area contributed by atoms with Gasteiger partial charge in [-0.25, -0.2) is 4.79 Å². The van der Waals surface area contributed by atoms with Gasteiger partial charge in [0.15, 0.2) is 0 Å². The standard InChI is InChI=1S/C17H24O2/c1-4-6-12-13-9-14-11(2)7-5-8-17(14,3)10-15(13)19-16(12)18/h6,13-15H,2,4-5,7-10H2,1,3H3/b12-6-/t13-,14+,15-,17-/m1/s1. The molecule has 0 amide bonds. The Morgan fingerprint density at radius 1 is 1.53 bits per heavy atom. The molecule has 0 aromatic carbocycles. The first kappa shape index (κ1) is 13.0. The molecular formula is C17H24O2. The maximum Gasteiger partial charge on any atom is 0.334 e. The van der Waals surface area contributed by atoms with Crippen molar-refractivity contribution in [3.05, 3.63) is 23.8 Å². The Morgan fingerprint density at radius 2 is 2.32 bits per heavy atom. The zero-order valence-corrected chi connectivity index (χ0v) is 12.1. The molecule has 3 aliphatic rings. The molecule has 0 N–H and O–H groups in total. The van der Waals surface area contributed by atoms with E-state index in [4.69, 9.17) is 4.74 Å². The van der Waals surface area contributed by atoms with Gasteiger partial charge in [-0.1, -0.05) is 32.1 Å². The number of carbonyl (C=O) groups is 1. The highest BCUT2D eigenvalue weighted by molar-refractivity contribution is 5.91. The summed E-state index contributed by atoms with van der Waals surface area (Å²) in [6.45, 7) is 8.75. The van der Waals surface area contributed by atoms with E-state index >= 15 is 0 Å². The molecule has 0 unspecified atom stereocenters. The third-order valence-electron chi connectivity index (χ3n) is 5.50. The number of hydrogen-bond acceptors (Lipinski definition) is 2. The van der Waals surface area contributed by atoms with E-state index in [9.17, 15) is 4.79 Å². The second-order valence-corrected chi connectivity index (χ2v) is 6.78. The van der Waals surface area contributed by atoms with Gasteiger partial charge in [-0.2, -0.15) is 0 Å². The van der Waals surface area contributed by atoms with Gasteiger partial charge in [-0.3, -0.25) is 0 Å². The van der Waals surface area contributed by atoms with E-state index in [0.717, 1.165) is 24.8 Å². The Labute approximate surface area is 115 Å². The van der Waals surface area contributed by atoms with Gasteiger partial charge in [0.1, 0.15) is 6.10 Å². The first-order valence-electron chi connectivity index (χ1n) is 7.64. The van der Waals surface area contributed by atoms with E-state index in [1.807, 2.05) is 0 Å². The highest BCUT2D eigenvalue weighted by Crippen LogP contribution is 2.56. The molecule has 0 radical (unpaired) electrons. The van der Waals surface area contributed by atoms with Crippen molar-refractivity contribution in [2.24, 2.45) is 17.3 Å². The summed E-state index contributed by atoms with van der Waals surface area (Å²) in [5, 5.41) is 0. The molecule has 3 fully saturated rings. The van der Waals surface area contributed by atoms with E-state index in [1.54, 1.807) is 0 Å². The van der Waals surface area contributed by atoms with Crippen molar-refractivity contribution in [2.75, 3.05) is 0 Å². The molecule has 4 atom stereocenters. The summed E-state index contributed by atoms with van der Waals surface area (Å²) >= 11 is 0. The summed E-state index contributed by atoms with van der Waals surface area (Å²) in [5.74, 6) is 0.836. The Morgan fingerprint density at radius 3 is 3.05 bits per heavy atom. The van der Waals surface area contributed by atoms with E-state index in [1.165, 1.54) is 24.8 Å². The molecule has 2 saturated carbocycles. The minimum atomic E-state index is -0.0651. The van der Waals surface area contributed by atoms with Crippen LogP contribution in [-0.2, 0) is 9.53 Å².